The normalized spacial score (nSPS) is 12.0. The Morgan fingerprint density at radius 2 is 1.14 bits per heavy atom. The molecule has 5 heteroatoms. The number of hydrogen-bond acceptors (Lipinski definition) is 2. The van der Waals surface area contributed by atoms with E-state index in [9.17, 15) is 14.0 Å². The van der Waals surface area contributed by atoms with E-state index in [-0.39, 0.29) is 24.6 Å². The van der Waals surface area contributed by atoms with E-state index in [0.717, 1.165) is 16.7 Å². The third-order valence-corrected chi connectivity index (χ3v) is 6.26. The van der Waals surface area contributed by atoms with Crippen LogP contribution in [0.25, 0.3) is 0 Å². The van der Waals surface area contributed by atoms with E-state index in [4.69, 9.17) is 5.73 Å². The molecule has 35 heavy (non-hydrogen) atoms. The third-order valence-electron chi connectivity index (χ3n) is 6.26. The van der Waals surface area contributed by atoms with E-state index < -0.39 is 17.4 Å². The van der Waals surface area contributed by atoms with E-state index >= 15 is 0 Å². The number of carbonyl (C=O) groups excluding carboxylic acids is 2. The molecule has 176 valence electrons. The van der Waals surface area contributed by atoms with E-state index in [1.165, 1.54) is 12.1 Å². The topological polar surface area (TPSA) is 72.2 Å². The quantitative estimate of drug-likeness (QED) is 0.349. The minimum absolute atomic E-state index is 0.0677. The monoisotopic (exact) mass is 466 g/mol. The Morgan fingerprint density at radius 1 is 0.714 bits per heavy atom. The van der Waals surface area contributed by atoms with Gasteiger partial charge in [0.2, 0.25) is 11.8 Å². The Balaban J connectivity index is 1.72. The van der Waals surface area contributed by atoms with E-state index in [0.29, 0.717) is 5.56 Å². The summed E-state index contributed by atoms with van der Waals surface area (Å²) < 4.78 is 13.3. The van der Waals surface area contributed by atoms with Crippen LogP contribution in [0, 0.1) is 5.82 Å². The van der Waals surface area contributed by atoms with Crippen LogP contribution in [0.15, 0.2) is 115 Å². The molecule has 4 aromatic carbocycles. The Kier molecular flexibility index (Phi) is 7.36. The van der Waals surface area contributed by atoms with Gasteiger partial charge in [-0.25, -0.2) is 4.39 Å². The molecule has 0 aliphatic carbocycles. The van der Waals surface area contributed by atoms with Crippen LogP contribution in [0.4, 0.5) is 4.39 Å². The fraction of sp³-hybridized carbons (Fsp3) is 0.133. The molecule has 0 bridgehead atoms. The van der Waals surface area contributed by atoms with Gasteiger partial charge in [-0.2, -0.15) is 0 Å². The maximum absolute atomic E-state index is 13.6. The summed E-state index contributed by atoms with van der Waals surface area (Å²) in [5.41, 5.74) is 8.43. The van der Waals surface area contributed by atoms with Crippen molar-refractivity contribution in [3.05, 3.63) is 143 Å². The maximum atomic E-state index is 13.6. The molecule has 0 spiro atoms. The third kappa shape index (κ3) is 5.46. The zero-order valence-electron chi connectivity index (χ0n) is 19.2. The van der Waals surface area contributed by atoms with Crippen molar-refractivity contribution in [2.24, 2.45) is 5.73 Å². The summed E-state index contributed by atoms with van der Waals surface area (Å²) >= 11 is 0. The molecule has 0 radical (unpaired) electrons. The van der Waals surface area contributed by atoms with Crippen molar-refractivity contribution in [2.45, 2.75) is 24.3 Å². The van der Waals surface area contributed by atoms with Crippen molar-refractivity contribution in [3.63, 3.8) is 0 Å². The summed E-state index contributed by atoms with van der Waals surface area (Å²) in [7, 11) is 0. The molecule has 3 N–H and O–H groups in total. The number of nitrogens with two attached hydrogens (primary N) is 1. The van der Waals surface area contributed by atoms with Gasteiger partial charge in [0.25, 0.3) is 0 Å². The molecule has 0 aromatic heterocycles. The second kappa shape index (κ2) is 10.8. The van der Waals surface area contributed by atoms with Crippen LogP contribution >= 0.6 is 0 Å². The predicted octanol–water partition coefficient (Wildman–Crippen LogP) is 4.76. The number of hydrogen-bond donors (Lipinski definition) is 2. The lowest BCUT2D eigenvalue weighted by Crippen LogP contribution is -2.48. The Hall–Kier alpha value is -4.25. The molecule has 0 saturated carbocycles. The molecule has 1 atom stereocenters. The van der Waals surface area contributed by atoms with Crippen LogP contribution < -0.4 is 11.1 Å². The van der Waals surface area contributed by atoms with Crippen LogP contribution in [-0.2, 0) is 21.4 Å². The number of benzene rings is 4. The molecule has 4 aromatic rings. The van der Waals surface area contributed by atoms with Crippen molar-refractivity contribution in [1.29, 1.82) is 0 Å². The first-order valence-electron chi connectivity index (χ1n) is 11.5. The zero-order valence-corrected chi connectivity index (χ0v) is 19.2. The van der Waals surface area contributed by atoms with Gasteiger partial charge in [0.05, 0.1) is 5.41 Å². The average molecular weight is 467 g/mol. The number of rotatable bonds is 9. The Morgan fingerprint density at radius 3 is 1.54 bits per heavy atom. The van der Waals surface area contributed by atoms with Gasteiger partial charge in [-0.3, -0.25) is 9.59 Å². The molecule has 0 aliphatic heterocycles. The van der Waals surface area contributed by atoms with Crippen LogP contribution in [0.5, 0.6) is 0 Å². The maximum Gasteiger partial charge on any atom is 0.240 e. The van der Waals surface area contributed by atoms with Gasteiger partial charge >= 0.3 is 0 Å². The van der Waals surface area contributed by atoms with Crippen molar-refractivity contribution in [3.8, 4) is 0 Å². The summed E-state index contributed by atoms with van der Waals surface area (Å²) in [4.78, 5) is 25.8. The number of carbonyl (C=O) groups is 2. The summed E-state index contributed by atoms with van der Waals surface area (Å²) in [6.45, 7) is 0. The molecule has 4 rings (SSSR count). The SMILES string of the molecule is NC(=O)[C@@H](Cc1ccc(F)cc1)NC(=O)CC(c1ccccc1)(c1ccccc1)c1ccccc1. The van der Waals surface area contributed by atoms with Gasteiger partial charge in [-0.15, -0.1) is 0 Å². The fourth-order valence-corrected chi connectivity index (χ4v) is 4.54. The van der Waals surface area contributed by atoms with E-state index in [2.05, 4.69) is 5.32 Å². The molecule has 0 saturated heterocycles. The zero-order chi connectivity index (χ0) is 24.7. The van der Waals surface area contributed by atoms with Gasteiger partial charge in [-0.1, -0.05) is 103 Å². The molecule has 4 nitrogen and oxygen atoms in total. The number of nitrogens with one attached hydrogen (secondary N) is 1. The lowest BCUT2D eigenvalue weighted by atomic mass is 9.67. The molecule has 2 amide bonds. The molecule has 0 heterocycles. The summed E-state index contributed by atoms with van der Waals surface area (Å²) in [5.74, 6) is -1.33. The molecular weight excluding hydrogens is 439 g/mol. The van der Waals surface area contributed by atoms with Crippen molar-refractivity contribution in [2.75, 3.05) is 0 Å². The van der Waals surface area contributed by atoms with Gasteiger partial charge in [-0.05, 0) is 34.4 Å². The second-order valence-corrected chi connectivity index (χ2v) is 8.53. The average Bonchev–Trinajstić information content (AvgIpc) is 2.89. The lowest BCUT2D eigenvalue weighted by Gasteiger charge is -2.36. The van der Waals surface area contributed by atoms with Crippen LogP contribution in [0.1, 0.15) is 28.7 Å². The van der Waals surface area contributed by atoms with Crippen LogP contribution in [0.2, 0.25) is 0 Å². The largest absolute Gasteiger partial charge is 0.368 e. The number of primary amides is 1. The summed E-state index contributed by atoms with van der Waals surface area (Å²) in [6.07, 6.45) is 0.245. The first-order chi connectivity index (χ1) is 17.0. The van der Waals surface area contributed by atoms with Gasteiger partial charge in [0, 0.05) is 12.8 Å². The Bertz CT molecular complexity index is 1160. The van der Waals surface area contributed by atoms with Gasteiger partial charge in [0.15, 0.2) is 0 Å². The minimum atomic E-state index is -0.923. The van der Waals surface area contributed by atoms with E-state index in [1.54, 1.807) is 12.1 Å². The van der Waals surface area contributed by atoms with Crippen molar-refractivity contribution >= 4 is 11.8 Å². The first-order valence-corrected chi connectivity index (χ1v) is 11.5. The standard InChI is InChI=1S/C30H27FN2O2/c31-26-18-16-22(17-19-26)20-27(29(32)35)33-28(34)21-30(23-10-4-1-5-11-23,24-12-6-2-7-13-24)25-14-8-3-9-15-25/h1-19,27H,20-21H2,(H2,32,35)(H,33,34)/t27-/m1/s1. The summed E-state index contributed by atoms with van der Waals surface area (Å²) in [5, 5.41) is 2.84. The Labute approximate surface area is 204 Å². The highest BCUT2D eigenvalue weighted by Crippen LogP contribution is 2.42. The van der Waals surface area contributed by atoms with Gasteiger partial charge in [0.1, 0.15) is 11.9 Å². The van der Waals surface area contributed by atoms with Crippen molar-refractivity contribution in [1.82, 2.24) is 5.32 Å². The molecule has 0 unspecified atom stereocenters. The highest BCUT2D eigenvalue weighted by molar-refractivity contribution is 5.88. The summed E-state index contributed by atoms with van der Waals surface area (Å²) in [6, 6.07) is 34.5. The molecule has 0 fully saturated rings. The predicted molar refractivity (Wildman–Crippen MR) is 135 cm³/mol. The highest BCUT2D eigenvalue weighted by Gasteiger charge is 2.39. The molecule has 0 aliphatic rings. The van der Waals surface area contributed by atoms with Gasteiger partial charge < -0.3 is 11.1 Å². The van der Waals surface area contributed by atoms with Crippen LogP contribution in [-0.4, -0.2) is 17.9 Å². The van der Waals surface area contributed by atoms with Crippen LogP contribution in [0.3, 0.4) is 0 Å². The first kappa shape index (κ1) is 23.9. The molecular formula is C30H27FN2O2. The second-order valence-electron chi connectivity index (χ2n) is 8.53. The smallest absolute Gasteiger partial charge is 0.240 e. The number of amides is 2. The highest BCUT2D eigenvalue weighted by atomic mass is 19.1. The fourth-order valence-electron chi connectivity index (χ4n) is 4.54. The number of halogens is 1. The minimum Gasteiger partial charge on any atom is -0.368 e. The van der Waals surface area contributed by atoms with Crippen molar-refractivity contribution < 1.29 is 14.0 Å². The van der Waals surface area contributed by atoms with E-state index in [1.807, 2.05) is 91.0 Å². The lowest BCUT2D eigenvalue weighted by molar-refractivity contribution is -0.127.